The summed E-state index contributed by atoms with van der Waals surface area (Å²) in [6, 6.07) is 1.83. The number of aliphatic hydroxyl groups excluding tert-OH is 1. The summed E-state index contributed by atoms with van der Waals surface area (Å²) in [6.45, 7) is 10.7. The van der Waals surface area contributed by atoms with Gasteiger partial charge in [-0.15, -0.1) is 0 Å². The Labute approximate surface area is 126 Å². The third-order valence-electron chi connectivity index (χ3n) is 3.42. The summed E-state index contributed by atoms with van der Waals surface area (Å²) in [5.74, 6) is 1.56. The van der Waals surface area contributed by atoms with Crippen molar-refractivity contribution in [2.24, 2.45) is 0 Å². The molecule has 1 saturated heterocycles. The lowest BCUT2D eigenvalue weighted by molar-refractivity contribution is 0.0171. The zero-order valence-corrected chi connectivity index (χ0v) is 13.2. The Morgan fingerprint density at radius 3 is 2.76 bits per heavy atom. The number of hydrogen-bond donors (Lipinski definition) is 2. The largest absolute Gasteiger partial charge is 0.390 e. The fourth-order valence-corrected chi connectivity index (χ4v) is 2.19. The van der Waals surface area contributed by atoms with Crippen molar-refractivity contribution in [3.63, 3.8) is 0 Å². The van der Waals surface area contributed by atoms with E-state index >= 15 is 0 Å². The molecule has 0 aromatic carbocycles. The van der Waals surface area contributed by atoms with Crippen molar-refractivity contribution in [2.45, 2.75) is 32.3 Å². The normalized spacial score (nSPS) is 18.5. The monoisotopic (exact) mass is 294 g/mol. The molecular weight excluding hydrogens is 268 g/mol. The number of morpholine rings is 1. The second-order valence-electron chi connectivity index (χ2n) is 6.46. The molecule has 1 aromatic rings. The molecule has 0 aliphatic carbocycles. The zero-order valence-electron chi connectivity index (χ0n) is 13.2. The summed E-state index contributed by atoms with van der Waals surface area (Å²) < 4.78 is 5.30. The van der Waals surface area contributed by atoms with Crippen LogP contribution in [0.3, 0.4) is 0 Å². The van der Waals surface area contributed by atoms with Crippen LogP contribution in [0.25, 0.3) is 0 Å². The summed E-state index contributed by atoms with van der Waals surface area (Å²) >= 11 is 0. The summed E-state index contributed by atoms with van der Waals surface area (Å²) in [4.78, 5) is 11.0. The third-order valence-corrected chi connectivity index (χ3v) is 3.42. The molecule has 0 spiro atoms. The minimum atomic E-state index is -0.420. The van der Waals surface area contributed by atoms with Gasteiger partial charge in [0.25, 0.3) is 0 Å². The Morgan fingerprint density at radius 2 is 2.10 bits per heavy atom. The van der Waals surface area contributed by atoms with E-state index in [1.54, 1.807) is 6.20 Å². The van der Waals surface area contributed by atoms with Gasteiger partial charge in [0, 0.05) is 37.8 Å². The van der Waals surface area contributed by atoms with Crippen molar-refractivity contribution in [1.82, 2.24) is 14.9 Å². The van der Waals surface area contributed by atoms with E-state index in [-0.39, 0.29) is 5.41 Å². The molecule has 0 amide bonds. The van der Waals surface area contributed by atoms with Gasteiger partial charge in [0.15, 0.2) is 0 Å². The predicted octanol–water partition coefficient (Wildman–Crippen LogP) is 0.879. The number of hydrogen-bond acceptors (Lipinski definition) is 6. The first-order valence-corrected chi connectivity index (χ1v) is 7.51. The highest BCUT2D eigenvalue weighted by Gasteiger charge is 2.18. The third kappa shape index (κ3) is 5.22. The Balaban J connectivity index is 1.82. The molecule has 118 valence electrons. The van der Waals surface area contributed by atoms with Crippen LogP contribution >= 0.6 is 0 Å². The van der Waals surface area contributed by atoms with Crippen molar-refractivity contribution in [3.05, 3.63) is 18.1 Å². The minimum Gasteiger partial charge on any atom is -0.390 e. The molecular formula is C15H26N4O2. The standard InChI is InChI=1S/C15H26N4O2/c1-15(2,3)14-16-5-4-13(18-14)17-10-12(20)11-19-6-8-21-9-7-19/h4-5,12,20H,6-11H2,1-3H3,(H,16,17,18)/t12-/m0/s1. The average Bonchev–Trinajstić information content (AvgIpc) is 2.46. The number of aliphatic hydroxyl groups is 1. The number of rotatable bonds is 5. The summed E-state index contributed by atoms with van der Waals surface area (Å²) in [6.07, 6.45) is 1.33. The fraction of sp³-hybridized carbons (Fsp3) is 0.733. The van der Waals surface area contributed by atoms with Gasteiger partial charge in [-0.2, -0.15) is 0 Å². The second kappa shape index (κ2) is 7.15. The Bertz CT molecular complexity index is 442. The van der Waals surface area contributed by atoms with Crippen LogP contribution in [0.1, 0.15) is 26.6 Å². The van der Waals surface area contributed by atoms with Crippen molar-refractivity contribution in [3.8, 4) is 0 Å². The van der Waals surface area contributed by atoms with Crippen molar-refractivity contribution >= 4 is 5.82 Å². The number of aromatic nitrogens is 2. The highest BCUT2D eigenvalue weighted by atomic mass is 16.5. The maximum Gasteiger partial charge on any atom is 0.135 e. The molecule has 0 saturated carbocycles. The lowest BCUT2D eigenvalue weighted by Gasteiger charge is -2.28. The van der Waals surface area contributed by atoms with Crippen molar-refractivity contribution in [2.75, 3.05) is 44.7 Å². The highest BCUT2D eigenvalue weighted by molar-refractivity contribution is 5.33. The fourth-order valence-electron chi connectivity index (χ4n) is 2.19. The molecule has 1 aliphatic rings. The van der Waals surface area contributed by atoms with Gasteiger partial charge >= 0.3 is 0 Å². The second-order valence-corrected chi connectivity index (χ2v) is 6.46. The number of ether oxygens (including phenoxy) is 1. The quantitative estimate of drug-likeness (QED) is 0.840. The summed E-state index contributed by atoms with van der Waals surface area (Å²) in [5, 5.41) is 13.3. The van der Waals surface area contributed by atoms with Crippen LogP contribution in [0.15, 0.2) is 12.3 Å². The molecule has 2 heterocycles. The van der Waals surface area contributed by atoms with E-state index in [2.05, 4.69) is 41.0 Å². The van der Waals surface area contributed by atoms with Crippen LogP contribution in [0.4, 0.5) is 5.82 Å². The van der Waals surface area contributed by atoms with Gasteiger partial charge in [0.1, 0.15) is 11.6 Å². The SMILES string of the molecule is CC(C)(C)c1nccc(NC[C@H](O)CN2CCOCC2)n1. The molecule has 0 radical (unpaired) electrons. The van der Waals surface area contributed by atoms with Crippen LogP contribution in [0.2, 0.25) is 0 Å². The van der Waals surface area contributed by atoms with Crippen molar-refractivity contribution < 1.29 is 9.84 Å². The molecule has 21 heavy (non-hydrogen) atoms. The van der Waals surface area contributed by atoms with Gasteiger partial charge in [0.2, 0.25) is 0 Å². The molecule has 1 atom stereocenters. The van der Waals surface area contributed by atoms with Gasteiger partial charge in [-0.05, 0) is 6.07 Å². The van der Waals surface area contributed by atoms with Crippen LogP contribution in [-0.4, -0.2) is 65.5 Å². The molecule has 1 fully saturated rings. The Morgan fingerprint density at radius 1 is 1.38 bits per heavy atom. The lowest BCUT2D eigenvalue weighted by atomic mass is 9.96. The summed E-state index contributed by atoms with van der Waals surface area (Å²) in [7, 11) is 0. The van der Waals surface area contributed by atoms with Gasteiger partial charge in [-0.1, -0.05) is 20.8 Å². The number of nitrogens with zero attached hydrogens (tertiary/aromatic N) is 3. The smallest absolute Gasteiger partial charge is 0.135 e. The van der Waals surface area contributed by atoms with E-state index in [1.807, 2.05) is 6.07 Å². The van der Waals surface area contributed by atoms with E-state index in [4.69, 9.17) is 4.74 Å². The van der Waals surface area contributed by atoms with E-state index in [1.165, 1.54) is 0 Å². The number of nitrogens with one attached hydrogen (secondary N) is 1. The Kier molecular flexibility index (Phi) is 5.50. The molecule has 1 aliphatic heterocycles. The maximum absolute atomic E-state index is 10.1. The molecule has 0 unspecified atom stereocenters. The molecule has 2 rings (SSSR count). The number of β-amino-alcohol motifs (C(OH)–C–C–N with tert-alkyl or cyclic N) is 1. The number of anilines is 1. The Hall–Kier alpha value is -1.24. The van der Waals surface area contributed by atoms with E-state index in [0.29, 0.717) is 13.1 Å². The molecule has 0 bridgehead atoms. The van der Waals surface area contributed by atoms with Crippen LogP contribution in [-0.2, 0) is 10.2 Å². The topological polar surface area (TPSA) is 70.5 Å². The molecule has 2 N–H and O–H groups in total. The first-order chi connectivity index (χ1) is 9.95. The lowest BCUT2D eigenvalue weighted by Crippen LogP contribution is -2.42. The molecule has 6 heteroatoms. The maximum atomic E-state index is 10.1. The summed E-state index contributed by atoms with van der Waals surface area (Å²) in [5.41, 5.74) is -0.0793. The van der Waals surface area contributed by atoms with Crippen LogP contribution in [0.5, 0.6) is 0 Å². The first-order valence-electron chi connectivity index (χ1n) is 7.51. The van der Waals surface area contributed by atoms with E-state index in [0.717, 1.165) is 37.9 Å². The predicted molar refractivity (Wildman–Crippen MR) is 82.5 cm³/mol. The van der Waals surface area contributed by atoms with E-state index in [9.17, 15) is 5.11 Å². The molecule has 1 aromatic heterocycles. The van der Waals surface area contributed by atoms with Gasteiger partial charge < -0.3 is 15.2 Å². The van der Waals surface area contributed by atoms with Crippen molar-refractivity contribution in [1.29, 1.82) is 0 Å². The van der Waals surface area contributed by atoms with Crippen LogP contribution in [0, 0.1) is 0 Å². The average molecular weight is 294 g/mol. The minimum absolute atomic E-state index is 0.0793. The first kappa shape index (κ1) is 16.1. The van der Waals surface area contributed by atoms with Gasteiger partial charge in [-0.3, -0.25) is 4.90 Å². The van der Waals surface area contributed by atoms with Crippen LogP contribution < -0.4 is 5.32 Å². The molecule has 6 nitrogen and oxygen atoms in total. The highest BCUT2D eigenvalue weighted by Crippen LogP contribution is 2.18. The van der Waals surface area contributed by atoms with E-state index < -0.39 is 6.10 Å². The van der Waals surface area contributed by atoms with Gasteiger partial charge in [0.05, 0.1) is 19.3 Å². The van der Waals surface area contributed by atoms with Gasteiger partial charge in [-0.25, -0.2) is 9.97 Å². The zero-order chi connectivity index (χ0) is 15.3.